The Bertz CT molecular complexity index is 229. The summed E-state index contributed by atoms with van der Waals surface area (Å²) in [6, 6.07) is 0. The van der Waals surface area contributed by atoms with Gasteiger partial charge in [-0.05, 0) is 39.2 Å². The standard InChI is InChI=1S/C7H15NO.C5H9NO/c1-6-5-8(2)4-3-7(6)9;1-5(2-3-5)6-4-7/h6-7,9H,3-5H2,1-2H3;4H,2-3H2,1H3,(H,6,7)/t6-,7?;/m0./s1. The molecule has 0 aromatic heterocycles. The fourth-order valence-electron chi connectivity index (χ4n) is 1.82. The molecule has 1 saturated carbocycles. The molecule has 2 aliphatic rings. The smallest absolute Gasteiger partial charge is 0.207 e. The van der Waals surface area contributed by atoms with Gasteiger partial charge in [0.05, 0.1) is 6.10 Å². The molecule has 1 heterocycles. The Balaban J connectivity index is 0.000000165. The van der Waals surface area contributed by atoms with Crippen LogP contribution in [0.3, 0.4) is 0 Å². The molecule has 0 spiro atoms. The van der Waals surface area contributed by atoms with Gasteiger partial charge in [0, 0.05) is 18.6 Å². The molecule has 0 aromatic carbocycles. The third kappa shape index (κ3) is 4.49. The van der Waals surface area contributed by atoms with Crippen LogP contribution in [0.4, 0.5) is 0 Å². The van der Waals surface area contributed by atoms with Crippen molar-refractivity contribution in [3.05, 3.63) is 0 Å². The fraction of sp³-hybridized carbons (Fsp3) is 0.917. The van der Waals surface area contributed by atoms with Gasteiger partial charge in [-0.15, -0.1) is 0 Å². The minimum Gasteiger partial charge on any atom is -0.393 e. The number of rotatable bonds is 2. The lowest BCUT2D eigenvalue weighted by Crippen LogP contribution is -2.39. The number of amides is 1. The molecule has 4 nitrogen and oxygen atoms in total. The minimum absolute atomic E-state index is 0.0544. The van der Waals surface area contributed by atoms with E-state index in [1.165, 1.54) is 0 Å². The second-order valence-corrected chi connectivity index (χ2v) is 5.42. The Labute approximate surface area is 98.0 Å². The summed E-state index contributed by atoms with van der Waals surface area (Å²) in [7, 11) is 2.10. The lowest BCUT2D eigenvalue weighted by atomic mass is 9.97. The second kappa shape index (κ2) is 5.64. The number of hydrogen-bond acceptors (Lipinski definition) is 3. The first-order valence-corrected chi connectivity index (χ1v) is 6.05. The third-order valence-corrected chi connectivity index (χ3v) is 3.47. The second-order valence-electron chi connectivity index (χ2n) is 5.42. The van der Waals surface area contributed by atoms with Crippen molar-refractivity contribution in [3.8, 4) is 0 Å². The van der Waals surface area contributed by atoms with E-state index in [0.717, 1.165) is 38.8 Å². The molecule has 1 saturated heterocycles. The monoisotopic (exact) mass is 228 g/mol. The summed E-state index contributed by atoms with van der Waals surface area (Å²) >= 11 is 0. The van der Waals surface area contributed by atoms with Crippen LogP contribution >= 0.6 is 0 Å². The Hall–Kier alpha value is -0.610. The molecule has 2 N–H and O–H groups in total. The highest BCUT2D eigenvalue weighted by molar-refractivity contribution is 5.48. The molecular formula is C12H24N2O2. The SMILES string of the molecule is CC1(NC=O)CC1.C[C@H]1CN(C)CCC1O. The Morgan fingerprint density at radius 1 is 1.50 bits per heavy atom. The van der Waals surface area contributed by atoms with Crippen molar-refractivity contribution in [2.24, 2.45) is 5.92 Å². The number of carbonyl (C=O) groups excluding carboxylic acids is 1. The zero-order valence-corrected chi connectivity index (χ0v) is 10.6. The summed E-state index contributed by atoms with van der Waals surface area (Å²) in [5, 5.41) is 12.0. The van der Waals surface area contributed by atoms with Crippen LogP contribution in [-0.2, 0) is 4.79 Å². The van der Waals surface area contributed by atoms with Crippen LogP contribution in [0.25, 0.3) is 0 Å². The maximum atomic E-state index is 9.75. The van der Waals surface area contributed by atoms with E-state index in [9.17, 15) is 9.90 Å². The molecular weight excluding hydrogens is 204 g/mol. The van der Waals surface area contributed by atoms with Crippen LogP contribution in [0.5, 0.6) is 0 Å². The number of nitrogens with zero attached hydrogens (tertiary/aromatic N) is 1. The lowest BCUT2D eigenvalue weighted by molar-refractivity contribution is -0.110. The molecule has 94 valence electrons. The first-order chi connectivity index (χ1) is 7.47. The topological polar surface area (TPSA) is 52.6 Å². The number of piperidine rings is 1. The number of aliphatic hydroxyl groups is 1. The molecule has 4 heteroatoms. The molecule has 0 aromatic rings. The molecule has 0 radical (unpaired) electrons. The van der Waals surface area contributed by atoms with Gasteiger partial charge in [0.15, 0.2) is 0 Å². The zero-order chi connectivity index (χ0) is 12.2. The first-order valence-electron chi connectivity index (χ1n) is 6.05. The van der Waals surface area contributed by atoms with Gasteiger partial charge in [0.2, 0.25) is 6.41 Å². The molecule has 16 heavy (non-hydrogen) atoms. The predicted molar refractivity (Wildman–Crippen MR) is 64.1 cm³/mol. The molecule has 2 fully saturated rings. The van der Waals surface area contributed by atoms with Crippen molar-refractivity contribution >= 4 is 6.41 Å². The predicted octanol–water partition coefficient (Wildman–Crippen LogP) is 0.604. The van der Waals surface area contributed by atoms with Gasteiger partial charge in [0.1, 0.15) is 0 Å². The van der Waals surface area contributed by atoms with E-state index in [4.69, 9.17) is 0 Å². The number of nitrogens with one attached hydrogen (secondary N) is 1. The molecule has 1 amide bonds. The van der Waals surface area contributed by atoms with Crippen LogP contribution in [0.2, 0.25) is 0 Å². The van der Waals surface area contributed by atoms with Crippen molar-refractivity contribution < 1.29 is 9.90 Å². The highest BCUT2D eigenvalue weighted by atomic mass is 16.3. The first kappa shape index (κ1) is 13.5. The van der Waals surface area contributed by atoms with Gasteiger partial charge in [-0.2, -0.15) is 0 Å². The van der Waals surface area contributed by atoms with E-state index in [-0.39, 0.29) is 11.6 Å². The maximum Gasteiger partial charge on any atom is 0.207 e. The van der Waals surface area contributed by atoms with E-state index in [0.29, 0.717) is 5.92 Å². The molecule has 2 atom stereocenters. The number of hydrogen-bond donors (Lipinski definition) is 2. The van der Waals surface area contributed by atoms with Crippen molar-refractivity contribution in [1.82, 2.24) is 10.2 Å². The fourth-order valence-corrected chi connectivity index (χ4v) is 1.82. The number of carbonyl (C=O) groups is 1. The summed E-state index contributed by atoms with van der Waals surface area (Å²) in [6.45, 7) is 6.23. The van der Waals surface area contributed by atoms with Gasteiger partial charge < -0.3 is 15.3 Å². The summed E-state index contributed by atoms with van der Waals surface area (Å²) in [4.78, 5) is 12.0. The van der Waals surface area contributed by atoms with Gasteiger partial charge in [0.25, 0.3) is 0 Å². The van der Waals surface area contributed by atoms with Gasteiger partial charge >= 0.3 is 0 Å². The van der Waals surface area contributed by atoms with E-state index >= 15 is 0 Å². The Kier molecular flexibility index (Phi) is 4.74. The highest BCUT2D eigenvalue weighted by Gasteiger charge is 2.36. The third-order valence-electron chi connectivity index (χ3n) is 3.47. The van der Waals surface area contributed by atoms with E-state index in [2.05, 4.69) is 24.2 Å². The van der Waals surface area contributed by atoms with Crippen molar-refractivity contribution in [2.75, 3.05) is 20.1 Å². The molecule has 1 aliphatic heterocycles. The Morgan fingerprint density at radius 2 is 2.12 bits per heavy atom. The van der Waals surface area contributed by atoms with Crippen LogP contribution in [0.1, 0.15) is 33.1 Å². The molecule has 0 bridgehead atoms. The molecule has 1 unspecified atom stereocenters. The van der Waals surface area contributed by atoms with Crippen molar-refractivity contribution in [2.45, 2.75) is 44.8 Å². The van der Waals surface area contributed by atoms with Crippen LogP contribution in [0.15, 0.2) is 0 Å². The van der Waals surface area contributed by atoms with Gasteiger partial charge in [-0.1, -0.05) is 6.92 Å². The minimum atomic E-state index is -0.0544. The van der Waals surface area contributed by atoms with Gasteiger partial charge in [-0.25, -0.2) is 0 Å². The highest BCUT2D eigenvalue weighted by Crippen LogP contribution is 2.33. The quantitative estimate of drug-likeness (QED) is 0.681. The normalized spacial score (nSPS) is 32.2. The average Bonchev–Trinajstić information content (AvgIpc) is 2.92. The van der Waals surface area contributed by atoms with Crippen LogP contribution in [-0.4, -0.2) is 48.2 Å². The van der Waals surface area contributed by atoms with Crippen molar-refractivity contribution in [3.63, 3.8) is 0 Å². The maximum absolute atomic E-state index is 9.75. The van der Waals surface area contributed by atoms with E-state index in [1.54, 1.807) is 0 Å². The largest absolute Gasteiger partial charge is 0.393 e. The van der Waals surface area contributed by atoms with E-state index < -0.39 is 0 Å². The van der Waals surface area contributed by atoms with Crippen LogP contribution in [0, 0.1) is 5.92 Å². The summed E-state index contributed by atoms with van der Waals surface area (Å²) in [5.41, 5.74) is 0.182. The number of likely N-dealkylation sites (tertiary alicyclic amines) is 1. The summed E-state index contributed by atoms with van der Waals surface area (Å²) in [5.74, 6) is 0.462. The lowest BCUT2D eigenvalue weighted by Gasteiger charge is -2.31. The Morgan fingerprint density at radius 3 is 2.44 bits per heavy atom. The number of aliphatic hydroxyl groups excluding tert-OH is 1. The molecule has 1 aliphatic carbocycles. The zero-order valence-electron chi connectivity index (χ0n) is 10.6. The average molecular weight is 228 g/mol. The van der Waals surface area contributed by atoms with Crippen LogP contribution < -0.4 is 5.32 Å². The van der Waals surface area contributed by atoms with E-state index in [1.807, 2.05) is 6.92 Å². The molecule has 2 rings (SSSR count). The van der Waals surface area contributed by atoms with Crippen molar-refractivity contribution in [1.29, 1.82) is 0 Å². The summed E-state index contributed by atoms with van der Waals surface area (Å²) < 4.78 is 0. The van der Waals surface area contributed by atoms with Gasteiger partial charge in [-0.3, -0.25) is 4.79 Å². The summed E-state index contributed by atoms with van der Waals surface area (Å²) in [6.07, 6.45) is 3.95.